The monoisotopic (exact) mass is 234 g/mol. The van der Waals surface area contributed by atoms with Gasteiger partial charge >= 0.3 is 6.18 Å². The fourth-order valence-electron chi connectivity index (χ4n) is 1.10. The van der Waals surface area contributed by atoms with Crippen LogP contribution in [0.3, 0.4) is 0 Å². The van der Waals surface area contributed by atoms with Crippen molar-refractivity contribution in [3.63, 3.8) is 0 Å². The number of nitrogens with zero attached hydrogens (tertiary/aromatic N) is 2. The van der Waals surface area contributed by atoms with E-state index in [9.17, 15) is 13.2 Å². The van der Waals surface area contributed by atoms with Gasteiger partial charge in [0.15, 0.2) is 0 Å². The van der Waals surface area contributed by atoms with E-state index >= 15 is 0 Å². The van der Waals surface area contributed by atoms with Crippen LogP contribution < -0.4 is 11.1 Å². The molecular formula is C9H13F3N4. The van der Waals surface area contributed by atoms with Crippen molar-refractivity contribution in [1.29, 1.82) is 0 Å². The largest absolute Gasteiger partial charge is 0.389 e. The zero-order valence-corrected chi connectivity index (χ0v) is 8.59. The van der Waals surface area contributed by atoms with Gasteiger partial charge in [-0.3, -0.25) is 0 Å². The van der Waals surface area contributed by atoms with Gasteiger partial charge in [0.1, 0.15) is 11.6 Å². The Morgan fingerprint density at radius 3 is 2.50 bits per heavy atom. The average Bonchev–Trinajstić information content (AvgIpc) is 2.19. The molecule has 7 heteroatoms. The summed E-state index contributed by atoms with van der Waals surface area (Å²) < 4.78 is 35.4. The molecule has 0 fully saturated rings. The van der Waals surface area contributed by atoms with E-state index < -0.39 is 12.6 Å². The normalized spacial score (nSPS) is 11.4. The molecular weight excluding hydrogens is 221 g/mol. The third-order valence-electron chi connectivity index (χ3n) is 1.86. The number of nitrogens with one attached hydrogen (secondary N) is 1. The SMILES string of the molecule is Nc1cnc(NCCCCC(F)(F)F)cn1. The third kappa shape index (κ3) is 5.38. The number of hydrogen-bond acceptors (Lipinski definition) is 4. The van der Waals surface area contributed by atoms with E-state index in [1.165, 1.54) is 12.4 Å². The molecule has 1 heterocycles. The van der Waals surface area contributed by atoms with Crippen LogP contribution in [0.15, 0.2) is 12.4 Å². The Kier molecular flexibility index (Phi) is 4.33. The van der Waals surface area contributed by atoms with Crippen LogP contribution in [0.4, 0.5) is 24.8 Å². The first-order chi connectivity index (χ1) is 7.47. The Balaban J connectivity index is 2.14. The highest BCUT2D eigenvalue weighted by atomic mass is 19.4. The van der Waals surface area contributed by atoms with Gasteiger partial charge < -0.3 is 11.1 Å². The first-order valence-electron chi connectivity index (χ1n) is 4.85. The van der Waals surface area contributed by atoms with Crippen molar-refractivity contribution in [3.05, 3.63) is 12.4 Å². The van der Waals surface area contributed by atoms with Gasteiger partial charge in [0, 0.05) is 13.0 Å². The lowest BCUT2D eigenvalue weighted by molar-refractivity contribution is -0.135. The first kappa shape index (κ1) is 12.5. The number of rotatable bonds is 5. The van der Waals surface area contributed by atoms with Crippen molar-refractivity contribution in [2.24, 2.45) is 0 Å². The maximum atomic E-state index is 11.8. The van der Waals surface area contributed by atoms with Crippen molar-refractivity contribution in [1.82, 2.24) is 9.97 Å². The summed E-state index contributed by atoms with van der Waals surface area (Å²) >= 11 is 0. The molecule has 0 amide bonds. The van der Waals surface area contributed by atoms with Gasteiger partial charge in [-0.1, -0.05) is 0 Å². The van der Waals surface area contributed by atoms with Crippen LogP contribution in [-0.2, 0) is 0 Å². The Morgan fingerprint density at radius 1 is 1.19 bits per heavy atom. The van der Waals surface area contributed by atoms with E-state index in [0.717, 1.165) is 0 Å². The third-order valence-corrected chi connectivity index (χ3v) is 1.86. The van der Waals surface area contributed by atoms with Crippen molar-refractivity contribution >= 4 is 11.6 Å². The topological polar surface area (TPSA) is 63.8 Å². The summed E-state index contributed by atoms with van der Waals surface area (Å²) in [4.78, 5) is 7.69. The number of halogens is 3. The lowest BCUT2D eigenvalue weighted by atomic mass is 10.2. The van der Waals surface area contributed by atoms with Gasteiger partial charge in [0.25, 0.3) is 0 Å². The molecule has 0 saturated carbocycles. The summed E-state index contributed by atoms with van der Waals surface area (Å²) in [6.45, 7) is 0.439. The molecule has 0 aliphatic carbocycles. The van der Waals surface area contributed by atoms with Gasteiger partial charge in [0.2, 0.25) is 0 Å². The van der Waals surface area contributed by atoms with E-state index in [1.54, 1.807) is 0 Å². The highest BCUT2D eigenvalue weighted by molar-refractivity contribution is 5.35. The van der Waals surface area contributed by atoms with Crippen LogP contribution in [0.25, 0.3) is 0 Å². The van der Waals surface area contributed by atoms with Gasteiger partial charge in [-0.15, -0.1) is 0 Å². The molecule has 1 rings (SSSR count). The molecule has 3 N–H and O–H groups in total. The standard InChI is InChI=1S/C9H13F3N4/c10-9(11,12)3-1-2-4-14-8-6-15-7(13)5-16-8/h5-6H,1-4H2,(H2,13,15)(H,14,16). The molecule has 0 radical (unpaired) electrons. The smallest absolute Gasteiger partial charge is 0.382 e. The summed E-state index contributed by atoms with van der Waals surface area (Å²) in [6.07, 6.45) is -1.44. The van der Waals surface area contributed by atoms with E-state index in [0.29, 0.717) is 24.6 Å². The molecule has 0 aromatic carbocycles. The fraction of sp³-hybridized carbons (Fsp3) is 0.556. The summed E-state index contributed by atoms with van der Waals surface area (Å²) in [5.41, 5.74) is 5.32. The molecule has 0 unspecified atom stereocenters. The Morgan fingerprint density at radius 2 is 1.94 bits per heavy atom. The number of aromatic nitrogens is 2. The van der Waals surface area contributed by atoms with E-state index in [4.69, 9.17) is 5.73 Å². The van der Waals surface area contributed by atoms with Gasteiger partial charge in [-0.25, -0.2) is 9.97 Å². The van der Waals surface area contributed by atoms with Gasteiger partial charge in [0.05, 0.1) is 12.4 Å². The quantitative estimate of drug-likeness (QED) is 0.766. The van der Waals surface area contributed by atoms with Crippen LogP contribution in [0, 0.1) is 0 Å². The number of unbranched alkanes of at least 4 members (excludes halogenated alkanes) is 1. The minimum atomic E-state index is -4.07. The zero-order chi connectivity index (χ0) is 12.0. The second-order valence-electron chi connectivity index (χ2n) is 3.33. The molecule has 0 atom stereocenters. The summed E-state index contributed by atoms with van der Waals surface area (Å²) in [5, 5.41) is 2.86. The first-order valence-corrected chi connectivity index (χ1v) is 4.85. The van der Waals surface area contributed by atoms with Crippen LogP contribution in [0.2, 0.25) is 0 Å². The number of nitrogen functional groups attached to an aromatic ring is 1. The number of anilines is 2. The van der Waals surface area contributed by atoms with Crippen LogP contribution >= 0.6 is 0 Å². The van der Waals surface area contributed by atoms with Crippen LogP contribution in [0.1, 0.15) is 19.3 Å². The average molecular weight is 234 g/mol. The lowest BCUT2D eigenvalue weighted by Crippen LogP contribution is -2.09. The van der Waals surface area contributed by atoms with E-state index in [-0.39, 0.29) is 6.42 Å². The predicted octanol–water partition coefficient (Wildman–Crippen LogP) is 2.20. The van der Waals surface area contributed by atoms with Crippen LogP contribution in [0.5, 0.6) is 0 Å². The minimum Gasteiger partial charge on any atom is -0.382 e. The van der Waals surface area contributed by atoms with E-state index in [2.05, 4.69) is 15.3 Å². The molecule has 90 valence electrons. The molecule has 1 aromatic heterocycles. The van der Waals surface area contributed by atoms with Crippen molar-refractivity contribution < 1.29 is 13.2 Å². The molecule has 16 heavy (non-hydrogen) atoms. The maximum absolute atomic E-state index is 11.8. The van der Waals surface area contributed by atoms with Crippen molar-refractivity contribution in [3.8, 4) is 0 Å². The van der Waals surface area contributed by atoms with Gasteiger partial charge in [-0.05, 0) is 12.8 Å². The molecule has 0 bridgehead atoms. The molecule has 1 aromatic rings. The summed E-state index contributed by atoms with van der Waals surface area (Å²) in [7, 11) is 0. The summed E-state index contributed by atoms with van der Waals surface area (Å²) in [5.74, 6) is 0.823. The highest BCUT2D eigenvalue weighted by Gasteiger charge is 2.25. The Hall–Kier alpha value is -1.53. The maximum Gasteiger partial charge on any atom is 0.389 e. The lowest BCUT2D eigenvalue weighted by Gasteiger charge is -2.07. The predicted molar refractivity (Wildman–Crippen MR) is 54.8 cm³/mol. The number of nitrogens with two attached hydrogens (primary N) is 1. The second kappa shape index (κ2) is 5.53. The molecule has 0 saturated heterocycles. The highest BCUT2D eigenvalue weighted by Crippen LogP contribution is 2.21. The van der Waals surface area contributed by atoms with Crippen molar-refractivity contribution in [2.75, 3.05) is 17.6 Å². The minimum absolute atomic E-state index is 0.110. The van der Waals surface area contributed by atoms with Crippen LogP contribution in [-0.4, -0.2) is 22.7 Å². The Bertz CT molecular complexity index is 310. The second-order valence-corrected chi connectivity index (χ2v) is 3.33. The van der Waals surface area contributed by atoms with Gasteiger partial charge in [-0.2, -0.15) is 13.2 Å². The number of alkyl halides is 3. The molecule has 0 aliphatic heterocycles. The molecule has 0 spiro atoms. The number of hydrogen-bond donors (Lipinski definition) is 2. The fourth-order valence-corrected chi connectivity index (χ4v) is 1.10. The molecule has 4 nitrogen and oxygen atoms in total. The Labute approximate surface area is 91.1 Å². The summed E-state index contributed by atoms with van der Waals surface area (Å²) in [6, 6.07) is 0. The van der Waals surface area contributed by atoms with E-state index in [1.807, 2.05) is 0 Å². The molecule has 0 aliphatic rings. The zero-order valence-electron chi connectivity index (χ0n) is 8.59. The van der Waals surface area contributed by atoms with Crippen molar-refractivity contribution in [2.45, 2.75) is 25.4 Å².